The van der Waals surface area contributed by atoms with Crippen molar-refractivity contribution < 1.29 is 14.0 Å². The molecule has 0 bridgehead atoms. The highest BCUT2D eigenvalue weighted by molar-refractivity contribution is 6.62. The molecular formula is C18H28BNO3. The van der Waals surface area contributed by atoms with Crippen molar-refractivity contribution in [3.05, 3.63) is 29.8 Å². The molecular weight excluding hydrogens is 289 g/mol. The monoisotopic (exact) mass is 317 g/mol. The van der Waals surface area contributed by atoms with Crippen LogP contribution in [0.15, 0.2) is 24.3 Å². The minimum Gasteiger partial charge on any atom is -0.399 e. The lowest BCUT2D eigenvalue weighted by atomic mass is 9.78. The number of benzene rings is 1. The highest BCUT2D eigenvalue weighted by Gasteiger charge is 2.51. The van der Waals surface area contributed by atoms with E-state index in [0.717, 1.165) is 31.8 Å². The van der Waals surface area contributed by atoms with Gasteiger partial charge >= 0.3 is 7.12 Å². The van der Waals surface area contributed by atoms with Crippen molar-refractivity contribution in [2.75, 3.05) is 19.8 Å². The van der Waals surface area contributed by atoms with E-state index in [1.807, 2.05) is 0 Å². The molecule has 23 heavy (non-hydrogen) atoms. The van der Waals surface area contributed by atoms with Gasteiger partial charge in [-0.2, -0.15) is 0 Å². The third kappa shape index (κ3) is 3.48. The molecule has 2 saturated heterocycles. The third-order valence-corrected chi connectivity index (χ3v) is 5.37. The minimum atomic E-state index is -0.299. The summed E-state index contributed by atoms with van der Waals surface area (Å²) < 4.78 is 17.8. The van der Waals surface area contributed by atoms with Crippen molar-refractivity contribution in [2.45, 2.75) is 58.4 Å². The van der Waals surface area contributed by atoms with Gasteiger partial charge in [0.15, 0.2) is 0 Å². The van der Waals surface area contributed by atoms with Gasteiger partial charge in [0, 0.05) is 19.1 Å². The van der Waals surface area contributed by atoms with Crippen molar-refractivity contribution in [3.63, 3.8) is 0 Å². The molecule has 0 saturated carbocycles. The van der Waals surface area contributed by atoms with E-state index < -0.39 is 0 Å². The van der Waals surface area contributed by atoms with Crippen LogP contribution < -0.4 is 5.46 Å². The van der Waals surface area contributed by atoms with Crippen molar-refractivity contribution in [2.24, 2.45) is 0 Å². The molecule has 1 aromatic rings. The van der Waals surface area contributed by atoms with Gasteiger partial charge in [-0.15, -0.1) is 0 Å². The highest BCUT2D eigenvalue weighted by atomic mass is 16.7. The molecule has 1 unspecified atom stereocenters. The van der Waals surface area contributed by atoms with Gasteiger partial charge < -0.3 is 14.0 Å². The van der Waals surface area contributed by atoms with Gasteiger partial charge in [-0.3, -0.25) is 4.90 Å². The smallest absolute Gasteiger partial charge is 0.399 e. The molecule has 4 nitrogen and oxygen atoms in total. The van der Waals surface area contributed by atoms with Crippen LogP contribution in [0.1, 0.15) is 40.2 Å². The summed E-state index contributed by atoms with van der Waals surface area (Å²) >= 11 is 0. The molecule has 2 aliphatic rings. The first-order valence-electron chi connectivity index (χ1n) is 8.55. The molecule has 0 aromatic heterocycles. The number of nitrogens with zero attached hydrogens (tertiary/aromatic N) is 1. The summed E-state index contributed by atoms with van der Waals surface area (Å²) in [6.07, 6.45) is 0. The lowest BCUT2D eigenvalue weighted by molar-refractivity contribution is -0.00436. The fourth-order valence-electron chi connectivity index (χ4n) is 3.05. The average molecular weight is 317 g/mol. The van der Waals surface area contributed by atoms with Crippen LogP contribution in [0.5, 0.6) is 0 Å². The number of hydrogen-bond donors (Lipinski definition) is 0. The molecule has 1 aromatic carbocycles. The normalized spacial score (nSPS) is 27.3. The molecule has 2 fully saturated rings. The van der Waals surface area contributed by atoms with E-state index in [-0.39, 0.29) is 18.3 Å². The Morgan fingerprint density at radius 3 is 2.52 bits per heavy atom. The standard InChI is InChI=1S/C18H28BNO3/c1-14-13-21-10-9-20(14)12-15-7-6-8-16(11-15)19-22-17(2,3)18(4,5)23-19/h6-8,11,14H,9-10,12-13H2,1-5H3. The Hall–Kier alpha value is -0.875. The summed E-state index contributed by atoms with van der Waals surface area (Å²) in [7, 11) is -0.290. The first-order chi connectivity index (χ1) is 10.8. The Morgan fingerprint density at radius 1 is 1.17 bits per heavy atom. The summed E-state index contributed by atoms with van der Waals surface area (Å²) in [5.74, 6) is 0. The van der Waals surface area contributed by atoms with Crippen LogP contribution in [0.2, 0.25) is 0 Å². The van der Waals surface area contributed by atoms with Gasteiger partial charge in [0.2, 0.25) is 0 Å². The van der Waals surface area contributed by atoms with E-state index in [4.69, 9.17) is 14.0 Å². The summed E-state index contributed by atoms with van der Waals surface area (Å²) in [5, 5.41) is 0. The van der Waals surface area contributed by atoms with Crippen LogP contribution in [0, 0.1) is 0 Å². The first kappa shape index (κ1) is 17.0. The molecule has 2 aliphatic heterocycles. The van der Waals surface area contributed by atoms with Crippen molar-refractivity contribution in [3.8, 4) is 0 Å². The molecule has 0 aliphatic carbocycles. The highest BCUT2D eigenvalue weighted by Crippen LogP contribution is 2.36. The van der Waals surface area contributed by atoms with E-state index in [1.54, 1.807) is 0 Å². The molecule has 0 radical (unpaired) electrons. The maximum Gasteiger partial charge on any atom is 0.494 e. The van der Waals surface area contributed by atoms with E-state index in [2.05, 4.69) is 63.8 Å². The molecule has 1 atom stereocenters. The van der Waals surface area contributed by atoms with Gasteiger partial charge in [-0.1, -0.05) is 24.3 Å². The van der Waals surface area contributed by atoms with Crippen LogP contribution in [0.25, 0.3) is 0 Å². The van der Waals surface area contributed by atoms with E-state index in [9.17, 15) is 0 Å². The zero-order valence-electron chi connectivity index (χ0n) is 15.0. The van der Waals surface area contributed by atoms with Gasteiger partial charge in [0.05, 0.1) is 24.4 Å². The van der Waals surface area contributed by atoms with Gasteiger partial charge in [0.25, 0.3) is 0 Å². The first-order valence-corrected chi connectivity index (χ1v) is 8.55. The SMILES string of the molecule is CC1COCCN1Cc1cccc(B2OC(C)(C)C(C)(C)O2)c1. The quantitative estimate of drug-likeness (QED) is 0.800. The lowest BCUT2D eigenvalue weighted by Crippen LogP contribution is -2.43. The second-order valence-electron chi connectivity index (χ2n) is 7.73. The van der Waals surface area contributed by atoms with Gasteiger partial charge in [-0.05, 0) is 45.6 Å². The Balaban J connectivity index is 1.73. The maximum absolute atomic E-state index is 6.16. The van der Waals surface area contributed by atoms with Crippen molar-refractivity contribution in [1.29, 1.82) is 0 Å². The fraction of sp³-hybridized carbons (Fsp3) is 0.667. The second kappa shape index (κ2) is 6.21. The second-order valence-corrected chi connectivity index (χ2v) is 7.73. The third-order valence-electron chi connectivity index (χ3n) is 5.37. The van der Waals surface area contributed by atoms with Crippen molar-refractivity contribution in [1.82, 2.24) is 4.90 Å². The Morgan fingerprint density at radius 2 is 1.87 bits per heavy atom. The predicted molar refractivity (Wildman–Crippen MR) is 92.8 cm³/mol. The van der Waals surface area contributed by atoms with Crippen LogP contribution in [0.3, 0.4) is 0 Å². The molecule has 3 rings (SSSR count). The summed E-state index contributed by atoms with van der Waals surface area (Å²) in [6.45, 7) is 14.1. The average Bonchev–Trinajstić information content (AvgIpc) is 2.70. The molecule has 5 heteroatoms. The topological polar surface area (TPSA) is 30.9 Å². The van der Waals surface area contributed by atoms with Crippen LogP contribution >= 0.6 is 0 Å². The van der Waals surface area contributed by atoms with E-state index >= 15 is 0 Å². The maximum atomic E-state index is 6.16. The van der Waals surface area contributed by atoms with E-state index in [1.165, 1.54) is 5.56 Å². The number of ether oxygens (including phenoxy) is 1. The van der Waals surface area contributed by atoms with Crippen LogP contribution in [-0.4, -0.2) is 49.0 Å². The minimum absolute atomic E-state index is 0.290. The molecule has 0 amide bonds. The summed E-state index contributed by atoms with van der Waals surface area (Å²) in [6, 6.07) is 9.04. The van der Waals surface area contributed by atoms with Crippen molar-refractivity contribution >= 4 is 12.6 Å². The number of rotatable bonds is 3. The van der Waals surface area contributed by atoms with Crippen LogP contribution in [0.4, 0.5) is 0 Å². The largest absolute Gasteiger partial charge is 0.494 e. The zero-order chi connectivity index (χ0) is 16.7. The summed E-state index contributed by atoms with van der Waals surface area (Å²) in [5.41, 5.74) is 1.80. The molecule has 0 spiro atoms. The fourth-order valence-corrected chi connectivity index (χ4v) is 3.05. The Bertz CT molecular complexity index is 545. The Kier molecular flexibility index (Phi) is 4.58. The van der Waals surface area contributed by atoms with E-state index in [0.29, 0.717) is 6.04 Å². The number of morpholine rings is 1. The van der Waals surface area contributed by atoms with Crippen LogP contribution in [-0.2, 0) is 20.6 Å². The van der Waals surface area contributed by atoms with Gasteiger partial charge in [-0.25, -0.2) is 0 Å². The van der Waals surface area contributed by atoms with Gasteiger partial charge in [0.1, 0.15) is 0 Å². The predicted octanol–water partition coefficient (Wildman–Crippen LogP) is 2.21. The Labute approximate surface area is 140 Å². The molecule has 0 N–H and O–H groups in total. The zero-order valence-corrected chi connectivity index (χ0v) is 15.0. The molecule has 2 heterocycles. The summed E-state index contributed by atoms with van der Waals surface area (Å²) in [4.78, 5) is 2.47. The lowest BCUT2D eigenvalue weighted by Gasteiger charge is -2.33. The number of hydrogen-bond acceptors (Lipinski definition) is 4. The molecule has 126 valence electrons.